The molecule has 0 saturated heterocycles. The van der Waals surface area contributed by atoms with Crippen molar-refractivity contribution in [1.82, 2.24) is 0 Å². The molecule has 0 aliphatic heterocycles. The van der Waals surface area contributed by atoms with Crippen molar-refractivity contribution >= 4 is 29.0 Å². The Morgan fingerprint density at radius 2 is 1.53 bits per heavy atom. The number of esters is 1. The number of benzene rings is 4. The number of hydrogen-bond acceptors (Lipinski definition) is 6. The second-order valence-corrected chi connectivity index (χ2v) is 12.1. The molecule has 1 atom stereocenters. The largest absolute Gasteiger partial charge is 0.494 e. The van der Waals surface area contributed by atoms with Gasteiger partial charge in [-0.2, -0.15) is 0 Å². The molecule has 4 rings (SSSR count). The second-order valence-electron chi connectivity index (χ2n) is 12.1. The van der Waals surface area contributed by atoms with Gasteiger partial charge in [0.05, 0.1) is 13.7 Å². The first kappa shape index (κ1) is 33.0. The molecule has 7 nitrogen and oxygen atoms in total. The molecule has 0 aromatic heterocycles. The Balaban J connectivity index is 1.38. The molecule has 0 spiro atoms. The maximum atomic E-state index is 13.2. The summed E-state index contributed by atoms with van der Waals surface area (Å²) in [5.74, 6) is 0.205. The van der Waals surface area contributed by atoms with E-state index in [0.29, 0.717) is 48.6 Å². The SMILES string of the molecule is COC(=O)C(Cc1ccc(OCCCN(C(=O)C(C)(C)C)c2cccc(C)c2)cc1)Nc1ccccc1C(=O)c1ccccc1. The van der Waals surface area contributed by atoms with E-state index in [9.17, 15) is 14.4 Å². The number of rotatable bonds is 13. The molecule has 4 aromatic rings. The van der Waals surface area contributed by atoms with Gasteiger partial charge in [-0.15, -0.1) is 0 Å². The highest BCUT2D eigenvalue weighted by Gasteiger charge is 2.28. The number of carbonyl (C=O) groups is 3. The van der Waals surface area contributed by atoms with Gasteiger partial charge < -0.3 is 19.7 Å². The monoisotopic (exact) mass is 606 g/mol. The van der Waals surface area contributed by atoms with Crippen LogP contribution in [-0.2, 0) is 20.7 Å². The highest BCUT2D eigenvalue weighted by atomic mass is 16.5. The van der Waals surface area contributed by atoms with Gasteiger partial charge in [0.25, 0.3) is 0 Å². The van der Waals surface area contributed by atoms with Gasteiger partial charge in [-0.3, -0.25) is 9.59 Å². The maximum Gasteiger partial charge on any atom is 0.328 e. The molecule has 0 radical (unpaired) electrons. The summed E-state index contributed by atoms with van der Waals surface area (Å²) in [5.41, 5.74) is 4.00. The number of nitrogens with zero attached hydrogens (tertiary/aromatic N) is 1. The van der Waals surface area contributed by atoms with Gasteiger partial charge >= 0.3 is 5.97 Å². The standard InChI is InChI=1S/C38H42N2O5/c1-27-13-11-16-30(25-27)40(37(43)38(2,3)4)23-12-24-45-31-21-19-28(20-22-31)26-34(36(42)44-5)39-33-18-10-9-17-32(33)35(41)29-14-7-6-8-15-29/h6-11,13-22,25,34,39H,12,23-24,26H2,1-5H3. The molecule has 0 aliphatic carbocycles. The van der Waals surface area contributed by atoms with Crippen molar-refractivity contribution in [2.45, 2.75) is 46.6 Å². The molecule has 0 bridgehead atoms. The average molecular weight is 607 g/mol. The zero-order valence-corrected chi connectivity index (χ0v) is 26.7. The molecule has 0 fully saturated rings. The molecule has 7 heteroatoms. The van der Waals surface area contributed by atoms with Crippen LogP contribution in [0.4, 0.5) is 11.4 Å². The Labute approximate surface area is 266 Å². The molecule has 1 amide bonds. The van der Waals surface area contributed by atoms with E-state index in [2.05, 4.69) is 5.32 Å². The lowest BCUT2D eigenvalue weighted by atomic mass is 9.94. The minimum Gasteiger partial charge on any atom is -0.494 e. The molecule has 1 unspecified atom stereocenters. The fraction of sp³-hybridized carbons (Fsp3) is 0.289. The third-order valence-corrected chi connectivity index (χ3v) is 7.38. The van der Waals surface area contributed by atoms with Crippen molar-refractivity contribution in [1.29, 1.82) is 0 Å². The van der Waals surface area contributed by atoms with Crippen LogP contribution in [0.5, 0.6) is 5.75 Å². The van der Waals surface area contributed by atoms with Crippen molar-refractivity contribution in [3.8, 4) is 5.75 Å². The second kappa shape index (κ2) is 15.2. The number of methoxy groups -OCH3 is 1. The van der Waals surface area contributed by atoms with E-state index in [1.807, 2.05) is 105 Å². The number of carbonyl (C=O) groups excluding carboxylic acids is 3. The van der Waals surface area contributed by atoms with Crippen molar-refractivity contribution in [2.75, 3.05) is 30.5 Å². The number of amides is 1. The first-order chi connectivity index (χ1) is 21.6. The van der Waals surface area contributed by atoms with Crippen LogP contribution in [0.25, 0.3) is 0 Å². The topological polar surface area (TPSA) is 84.9 Å². The third kappa shape index (κ3) is 9.05. The molecule has 4 aromatic carbocycles. The lowest BCUT2D eigenvalue weighted by Crippen LogP contribution is -2.40. The highest BCUT2D eigenvalue weighted by Crippen LogP contribution is 2.25. The van der Waals surface area contributed by atoms with E-state index in [1.165, 1.54) is 7.11 Å². The van der Waals surface area contributed by atoms with Crippen LogP contribution in [0.1, 0.15) is 54.2 Å². The minimum absolute atomic E-state index is 0.0678. The van der Waals surface area contributed by atoms with Crippen molar-refractivity contribution in [3.63, 3.8) is 0 Å². The normalized spacial score (nSPS) is 11.8. The number of anilines is 2. The van der Waals surface area contributed by atoms with Gasteiger partial charge in [0.1, 0.15) is 11.8 Å². The van der Waals surface area contributed by atoms with Crippen LogP contribution in [0.3, 0.4) is 0 Å². The molecule has 234 valence electrons. The molecule has 0 saturated carbocycles. The van der Waals surface area contributed by atoms with Crippen LogP contribution in [-0.4, -0.2) is 44.0 Å². The van der Waals surface area contributed by atoms with E-state index in [0.717, 1.165) is 16.8 Å². The van der Waals surface area contributed by atoms with E-state index >= 15 is 0 Å². The number of ether oxygens (including phenoxy) is 2. The van der Waals surface area contributed by atoms with Gasteiger partial charge in [0.15, 0.2) is 5.78 Å². The van der Waals surface area contributed by atoms with Gasteiger partial charge in [-0.1, -0.05) is 87.5 Å². The lowest BCUT2D eigenvalue weighted by Gasteiger charge is -2.30. The maximum absolute atomic E-state index is 13.2. The van der Waals surface area contributed by atoms with E-state index in [-0.39, 0.29) is 11.7 Å². The van der Waals surface area contributed by atoms with E-state index in [4.69, 9.17) is 9.47 Å². The van der Waals surface area contributed by atoms with E-state index < -0.39 is 17.4 Å². The number of ketones is 1. The Hall–Kier alpha value is -4.91. The molecule has 45 heavy (non-hydrogen) atoms. The first-order valence-electron chi connectivity index (χ1n) is 15.2. The van der Waals surface area contributed by atoms with Crippen LogP contribution >= 0.6 is 0 Å². The van der Waals surface area contributed by atoms with Crippen LogP contribution < -0.4 is 15.0 Å². The highest BCUT2D eigenvalue weighted by molar-refractivity contribution is 6.12. The molecular weight excluding hydrogens is 564 g/mol. The Morgan fingerprint density at radius 1 is 0.844 bits per heavy atom. The molecular formula is C38H42N2O5. The van der Waals surface area contributed by atoms with Crippen molar-refractivity contribution in [3.05, 3.63) is 125 Å². The number of nitrogens with one attached hydrogen (secondary N) is 1. The fourth-order valence-electron chi connectivity index (χ4n) is 4.99. The lowest BCUT2D eigenvalue weighted by molar-refractivity contribution is -0.141. The predicted octanol–water partition coefficient (Wildman–Crippen LogP) is 7.27. The molecule has 1 N–H and O–H groups in total. The number of para-hydroxylation sites is 1. The minimum atomic E-state index is -0.709. The van der Waals surface area contributed by atoms with Crippen molar-refractivity contribution < 1.29 is 23.9 Å². The summed E-state index contributed by atoms with van der Waals surface area (Å²) in [5, 5.41) is 3.24. The van der Waals surface area contributed by atoms with Crippen LogP contribution in [0.2, 0.25) is 0 Å². The van der Waals surface area contributed by atoms with Gasteiger partial charge in [-0.25, -0.2) is 4.79 Å². The number of aryl methyl sites for hydroxylation is 1. The summed E-state index contributed by atoms with van der Waals surface area (Å²) in [6, 6.07) is 31.0. The van der Waals surface area contributed by atoms with E-state index in [1.54, 1.807) is 30.3 Å². The zero-order valence-electron chi connectivity index (χ0n) is 26.7. The summed E-state index contributed by atoms with van der Waals surface area (Å²) in [7, 11) is 1.35. The molecule has 0 aliphatic rings. The summed E-state index contributed by atoms with van der Waals surface area (Å²) in [4.78, 5) is 41.0. The number of hydrogen-bond donors (Lipinski definition) is 1. The third-order valence-electron chi connectivity index (χ3n) is 7.38. The summed E-state index contributed by atoms with van der Waals surface area (Å²) in [6.07, 6.45) is 1.01. The Morgan fingerprint density at radius 3 is 2.20 bits per heavy atom. The first-order valence-corrected chi connectivity index (χ1v) is 15.2. The summed E-state index contributed by atoms with van der Waals surface area (Å²) < 4.78 is 11.1. The average Bonchev–Trinajstić information content (AvgIpc) is 3.04. The van der Waals surface area contributed by atoms with Gasteiger partial charge in [0.2, 0.25) is 5.91 Å². The molecule has 0 heterocycles. The Kier molecular flexibility index (Phi) is 11.1. The zero-order chi connectivity index (χ0) is 32.4. The van der Waals surface area contributed by atoms with Crippen LogP contribution in [0.15, 0.2) is 103 Å². The van der Waals surface area contributed by atoms with Crippen LogP contribution in [0, 0.1) is 12.3 Å². The fourth-order valence-corrected chi connectivity index (χ4v) is 4.99. The predicted molar refractivity (Wildman–Crippen MR) is 179 cm³/mol. The van der Waals surface area contributed by atoms with Gasteiger partial charge in [0, 0.05) is 40.9 Å². The smallest absolute Gasteiger partial charge is 0.328 e. The summed E-state index contributed by atoms with van der Waals surface area (Å²) in [6.45, 7) is 8.79. The van der Waals surface area contributed by atoms with Crippen molar-refractivity contribution in [2.24, 2.45) is 5.41 Å². The Bertz CT molecular complexity index is 1590. The van der Waals surface area contributed by atoms with Gasteiger partial charge in [-0.05, 0) is 60.9 Å². The quantitative estimate of drug-likeness (QED) is 0.0979. The summed E-state index contributed by atoms with van der Waals surface area (Å²) >= 11 is 0.